The Balaban J connectivity index is 1.27. The van der Waals surface area contributed by atoms with E-state index in [0.717, 1.165) is 73.2 Å². The molecule has 8 unspecified atom stereocenters. The van der Waals surface area contributed by atoms with Crippen molar-refractivity contribution in [3.8, 4) is 0 Å². The molecule has 4 saturated carbocycles. The SMILES string of the molecule is CC(=O)O[C@@H]1CC[C@]2(C)C3CC4C(CCC5C4CN4C[C@H](C)CCC4[C@@H]5C)C3C[C@H](OC(C)=O)C2C1. The summed E-state index contributed by atoms with van der Waals surface area (Å²) in [5.41, 5.74) is 0.176. The second-order valence-electron chi connectivity index (χ2n) is 14.3. The van der Waals surface area contributed by atoms with E-state index in [1.165, 1.54) is 52.1 Å². The second-order valence-corrected chi connectivity index (χ2v) is 14.3. The first kappa shape index (κ1) is 25.2. The van der Waals surface area contributed by atoms with Crippen molar-refractivity contribution < 1.29 is 19.1 Å². The zero-order valence-electron chi connectivity index (χ0n) is 23.3. The lowest BCUT2D eigenvalue weighted by atomic mass is 9.51. The van der Waals surface area contributed by atoms with Gasteiger partial charge in [-0.2, -0.15) is 0 Å². The van der Waals surface area contributed by atoms with Crippen LogP contribution in [0.3, 0.4) is 0 Å². The number of piperidine rings is 2. The fourth-order valence-corrected chi connectivity index (χ4v) is 11.2. The van der Waals surface area contributed by atoms with Crippen molar-refractivity contribution in [3.63, 3.8) is 0 Å². The third-order valence-corrected chi connectivity index (χ3v) is 12.6. The average Bonchev–Trinajstić information content (AvgIpc) is 3.19. The third kappa shape index (κ3) is 4.05. The minimum Gasteiger partial charge on any atom is -0.463 e. The lowest BCUT2D eigenvalue weighted by molar-refractivity contribution is -0.180. The van der Waals surface area contributed by atoms with Gasteiger partial charge in [0.1, 0.15) is 12.2 Å². The Bertz CT molecular complexity index is 873. The maximum Gasteiger partial charge on any atom is 0.302 e. The molecule has 4 aliphatic carbocycles. The predicted molar refractivity (Wildman–Crippen MR) is 139 cm³/mol. The van der Waals surface area contributed by atoms with Crippen LogP contribution in [0.2, 0.25) is 0 Å². The van der Waals surface area contributed by atoms with E-state index in [0.29, 0.717) is 11.8 Å². The van der Waals surface area contributed by atoms with E-state index in [4.69, 9.17) is 9.47 Å². The Kier molecular flexibility index (Phi) is 6.49. The van der Waals surface area contributed by atoms with Gasteiger partial charge in [0, 0.05) is 38.9 Å². The van der Waals surface area contributed by atoms with Crippen molar-refractivity contribution in [3.05, 3.63) is 0 Å². The number of fused-ring (bicyclic) bond motifs is 8. The molecule has 0 aromatic heterocycles. The van der Waals surface area contributed by atoms with Crippen LogP contribution in [0, 0.1) is 58.7 Å². The molecule has 0 bridgehead atoms. The largest absolute Gasteiger partial charge is 0.463 e. The summed E-state index contributed by atoms with van der Waals surface area (Å²) >= 11 is 0. The van der Waals surface area contributed by atoms with Crippen molar-refractivity contribution in [2.75, 3.05) is 13.1 Å². The summed E-state index contributed by atoms with van der Waals surface area (Å²) < 4.78 is 11.8. The molecule has 36 heavy (non-hydrogen) atoms. The van der Waals surface area contributed by atoms with Crippen LogP contribution in [0.5, 0.6) is 0 Å². The second kappa shape index (κ2) is 9.27. The lowest BCUT2D eigenvalue weighted by Crippen LogP contribution is -2.58. The van der Waals surface area contributed by atoms with Gasteiger partial charge in [-0.3, -0.25) is 14.5 Å². The Hall–Kier alpha value is -1.10. The summed E-state index contributed by atoms with van der Waals surface area (Å²) in [6.07, 6.45) is 10.8. The first-order chi connectivity index (χ1) is 17.2. The molecule has 202 valence electrons. The highest BCUT2D eigenvalue weighted by Gasteiger charge is 2.63. The van der Waals surface area contributed by atoms with E-state index in [-0.39, 0.29) is 29.6 Å². The molecular weight excluding hydrogens is 450 g/mol. The van der Waals surface area contributed by atoms with Gasteiger partial charge in [0.15, 0.2) is 0 Å². The summed E-state index contributed by atoms with van der Waals surface area (Å²) in [4.78, 5) is 26.8. The lowest BCUT2D eigenvalue weighted by Gasteiger charge is -2.57. The van der Waals surface area contributed by atoms with E-state index in [1.807, 2.05) is 0 Å². The first-order valence-corrected chi connectivity index (χ1v) is 15.2. The molecule has 5 nitrogen and oxygen atoms in total. The van der Waals surface area contributed by atoms with Crippen LogP contribution in [-0.4, -0.2) is 48.2 Å². The fraction of sp³-hybridized carbons (Fsp3) is 0.935. The minimum atomic E-state index is -0.184. The Morgan fingerprint density at radius 2 is 1.50 bits per heavy atom. The van der Waals surface area contributed by atoms with E-state index < -0.39 is 0 Å². The Morgan fingerprint density at radius 3 is 2.25 bits per heavy atom. The molecule has 0 aromatic carbocycles. The van der Waals surface area contributed by atoms with Crippen LogP contribution >= 0.6 is 0 Å². The zero-order chi connectivity index (χ0) is 25.4. The number of carbonyl (C=O) groups is 2. The number of nitrogens with zero attached hydrogens (tertiary/aromatic N) is 1. The van der Waals surface area contributed by atoms with Gasteiger partial charge in [-0.25, -0.2) is 0 Å². The molecule has 0 spiro atoms. The molecule has 2 saturated heterocycles. The van der Waals surface area contributed by atoms with E-state index >= 15 is 0 Å². The van der Waals surface area contributed by atoms with E-state index in [1.54, 1.807) is 6.92 Å². The Labute approximate surface area is 218 Å². The van der Waals surface area contributed by atoms with Gasteiger partial charge in [0.25, 0.3) is 0 Å². The van der Waals surface area contributed by atoms with E-state index in [9.17, 15) is 9.59 Å². The number of hydrogen-bond acceptors (Lipinski definition) is 5. The minimum absolute atomic E-state index is 0.0267. The topological polar surface area (TPSA) is 55.8 Å². The molecule has 0 N–H and O–H groups in total. The highest BCUT2D eigenvalue weighted by Crippen LogP contribution is 2.67. The molecule has 13 atom stereocenters. The number of rotatable bonds is 2. The first-order valence-electron chi connectivity index (χ1n) is 15.2. The maximum atomic E-state index is 12.2. The monoisotopic (exact) mass is 499 g/mol. The quantitative estimate of drug-likeness (QED) is 0.456. The summed E-state index contributed by atoms with van der Waals surface area (Å²) in [6.45, 7) is 13.2. The number of esters is 2. The van der Waals surface area contributed by atoms with Crippen molar-refractivity contribution in [2.24, 2.45) is 58.7 Å². The third-order valence-electron chi connectivity index (χ3n) is 12.6. The van der Waals surface area contributed by atoms with Crippen LogP contribution in [0.1, 0.15) is 92.4 Å². The van der Waals surface area contributed by atoms with Gasteiger partial charge in [-0.05, 0) is 111 Å². The molecule has 0 amide bonds. The predicted octanol–water partition coefficient (Wildman–Crippen LogP) is 5.70. The summed E-state index contributed by atoms with van der Waals surface area (Å²) in [6, 6.07) is 0.814. The molecule has 6 aliphatic rings. The molecule has 5 heteroatoms. The smallest absolute Gasteiger partial charge is 0.302 e. The molecule has 2 heterocycles. The summed E-state index contributed by atoms with van der Waals surface area (Å²) in [5, 5.41) is 0. The fourth-order valence-electron chi connectivity index (χ4n) is 11.2. The Morgan fingerprint density at radius 1 is 0.750 bits per heavy atom. The van der Waals surface area contributed by atoms with Gasteiger partial charge < -0.3 is 9.47 Å². The van der Waals surface area contributed by atoms with Gasteiger partial charge in [0.2, 0.25) is 0 Å². The number of ether oxygens (including phenoxy) is 2. The molecule has 2 aliphatic heterocycles. The summed E-state index contributed by atoms with van der Waals surface area (Å²) in [5.74, 6) is 6.40. The van der Waals surface area contributed by atoms with Crippen LogP contribution in [-0.2, 0) is 19.1 Å². The molecule has 0 aromatic rings. The summed E-state index contributed by atoms with van der Waals surface area (Å²) in [7, 11) is 0. The van der Waals surface area contributed by atoms with Crippen molar-refractivity contribution in [1.82, 2.24) is 4.90 Å². The standard InChI is InChI=1S/C31H49NO4/c1-17-6-9-29-18(2)22-7-8-23-24(26(22)16-32(29)15-17)13-27-25(23)14-30(36-20(4)34)28-12-21(35-19(3)33)10-11-31(27,28)5/h17-18,21-30H,6-16H2,1-5H3/t17-,18-,21-,22?,23?,24?,25?,26?,27?,28?,29?,30+,31-/m1/s1. The molecule has 6 fully saturated rings. The van der Waals surface area contributed by atoms with Crippen LogP contribution in [0.25, 0.3) is 0 Å². The maximum absolute atomic E-state index is 12.2. The molecule has 6 rings (SSSR count). The van der Waals surface area contributed by atoms with E-state index in [2.05, 4.69) is 25.7 Å². The molecule has 0 radical (unpaired) electrons. The van der Waals surface area contributed by atoms with Gasteiger partial charge in [0.05, 0.1) is 0 Å². The number of hydrogen-bond donors (Lipinski definition) is 0. The van der Waals surface area contributed by atoms with Gasteiger partial charge in [-0.1, -0.05) is 20.8 Å². The normalized spacial score (nSPS) is 52.1. The molecular formula is C31H49NO4. The van der Waals surface area contributed by atoms with Gasteiger partial charge >= 0.3 is 11.9 Å². The van der Waals surface area contributed by atoms with Crippen molar-refractivity contribution >= 4 is 11.9 Å². The number of carbonyl (C=O) groups excluding carboxylic acids is 2. The van der Waals surface area contributed by atoms with Crippen molar-refractivity contribution in [1.29, 1.82) is 0 Å². The van der Waals surface area contributed by atoms with Gasteiger partial charge in [-0.15, -0.1) is 0 Å². The average molecular weight is 500 g/mol. The zero-order valence-corrected chi connectivity index (χ0v) is 23.3. The van der Waals surface area contributed by atoms with Crippen LogP contribution < -0.4 is 0 Å². The highest BCUT2D eigenvalue weighted by molar-refractivity contribution is 5.66. The van der Waals surface area contributed by atoms with Crippen LogP contribution in [0.15, 0.2) is 0 Å². The van der Waals surface area contributed by atoms with Crippen molar-refractivity contribution in [2.45, 2.75) is 111 Å². The van der Waals surface area contributed by atoms with Crippen LogP contribution in [0.4, 0.5) is 0 Å². The highest BCUT2D eigenvalue weighted by atomic mass is 16.5.